The topological polar surface area (TPSA) is 113 Å². The second-order valence-corrected chi connectivity index (χ2v) is 7.41. The highest BCUT2D eigenvalue weighted by atomic mass is 16.6. The van der Waals surface area contributed by atoms with Crippen LogP contribution < -0.4 is 10.2 Å². The van der Waals surface area contributed by atoms with Crippen molar-refractivity contribution in [1.29, 1.82) is 0 Å². The molecule has 0 aliphatic carbocycles. The molecule has 0 heterocycles. The highest BCUT2D eigenvalue weighted by molar-refractivity contribution is 5.82. The molecular weight excluding hydrogens is 432 g/mol. The van der Waals surface area contributed by atoms with Crippen LogP contribution in [0.3, 0.4) is 0 Å². The molecule has 184 valence electrons. The van der Waals surface area contributed by atoms with Crippen LogP contribution in [-0.4, -0.2) is 61.7 Å². The molecule has 1 aromatic rings. The number of rotatable bonds is 11. The first kappa shape index (κ1) is 27.8. The number of ether oxygens (including phenoxy) is 5. The number of methoxy groups -OCH3 is 1. The van der Waals surface area contributed by atoms with E-state index in [1.807, 2.05) is 12.1 Å². The molecule has 0 unspecified atom stereocenters. The molecule has 0 fully saturated rings. The van der Waals surface area contributed by atoms with Gasteiger partial charge in [-0.3, -0.25) is 0 Å². The number of benzene rings is 1. The smallest absolute Gasteiger partial charge is 0.429 e. The first-order valence-electron chi connectivity index (χ1n) is 10.7. The van der Waals surface area contributed by atoms with Gasteiger partial charge in [0.05, 0.1) is 45.2 Å². The summed E-state index contributed by atoms with van der Waals surface area (Å²) in [5.41, 5.74) is 3.24. The van der Waals surface area contributed by atoms with Gasteiger partial charge in [-0.1, -0.05) is 18.2 Å². The number of hydrogen-bond acceptors (Lipinski definition) is 8. The predicted molar refractivity (Wildman–Crippen MR) is 120 cm³/mol. The third kappa shape index (κ3) is 11.2. The van der Waals surface area contributed by atoms with Crippen molar-refractivity contribution in [2.75, 3.05) is 20.3 Å². The Hall–Kier alpha value is -3.27. The summed E-state index contributed by atoms with van der Waals surface area (Å²) in [5, 5.41) is 0.925. The quantitative estimate of drug-likeness (QED) is 0.228. The number of nitrogens with zero attached hydrogens (tertiary/aromatic N) is 1. The van der Waals surface area contributed by atoms with Gasteiger partial charge in [0.2, 0.25) is 0 Å². The summed E-state index contributed by atoms with van der Waals surface area (Å²) in [6.07, 6.45) is 0.0116. The van der Waals surface area contributed by atoms with E-state index in [2.05, 4.69) is 5.43 Å². The summed E-state index contributed by atoms with van der Waals surface area (Å²) in [7, 11) is 1.58. The van der Waals surface area contributed by atoms with Crippen LogP contribution >= 0.6 is 0 Å². The van der Waals surface area contributed by atoms with Gasteiger partial charge in [-0.15, -0.1) is 0 Å². The number of nitrogens with one attached hydrogen (secondary N) is 1. The van der Waals surface area contributed by atoms with Gasteiger partial charge in [0.1, 0.15) is 5.75 Å². The zero-order valence-corrected chi connectivity index (χ0v) is 20.0. The molecule has 10 heteroatoms. The molecule has 1 atom stereocenters. The molecule has 0 saturated carbocycles. The van der Waals surface area contributed by atoms with Gasteiger partial charge in [0.15, 0.2) is 0 Å². The Morgan fingerprint density at radius 1 is 1.03 bits per heavy atom. The van der Waals surface area contributed by atoms with Crippen LogP contribution in [0, 0.1) is 0 Å². The Morgan fingerprint density at radius 3 is 2.21 bits per heavy atom. The van der Waals surface area contributed by atoms with Crippen LogP contribution in [-0.2, 0) is 30.3 Å². The average molecular weight is 467 g/mol. The second-order valence-electron chi connectivity index (χ2n) is 7.41. The van der Waals surface area contributed by atoms with E-state index in [9.17, 15) is 14.4 Å². The van der Waals surface area contributed by atoms with Gasteiger partial charge >= 0.3 is 18.2 Å². The van der Waals surface area contributed by atoms with Gasteiger partial charge in [0.25, 0.3) is 0 Å². The first-order valence-corrected chi connectivity index (χ1v) is 10.7. The zero-order chi connectivity index (χ0) is 24.8. The van der Waals surface area contributed by atoms with Gasteiger partial charge in [-0.2, -0.15) is 0 Å². The van der Waals surface area contributed by atoms with Crippen molar-refractivity contribution < 1.29 is 38.1 Å². The maximum absolute atomic E-state index is 12.7. The SMILES string of the molecule is CCOC(=O)/C=C/[C@@H](COCc1ccc(OC)cc1)N(NC(=O)OC(C)C)C(=O)OC(C)C. The predicted octanol–water partition coefficient (Wildman–Crippen LogP) is 3.60. The molecule has 0 spiro atoms. The van der Waals surface area contributed by atoms with Crippen LogP contribution in [0.25, 0.3) is 0 Å². The standard InChI is InChI=1S/C23H34N2O8/c1-7-31-21(26)13-10-19(15-30-14-18-8-11-20(29-6)12-9-18)25(23(28)33-17(4)5)24-22(27)32-16(2)3/h8-13,16-17,19H,7,14-15H2,1-6H3,(H,24,27)/b13-10+/t19-/m0/s1. The van der Waals surface area contributed by atoms with Crippen molar-refractivity contribution in [2.24, 2.45) is 0 Å². The molecule has 1 N–H and O–H groups in total. The maximum Gasteiger partial charge on any atom is 0.429 e. The summed E-state index contributed by atoms with van der Waals surface area (Å²) in [6, 6.07) is 6.38. The Balaban J connectivity index is 3.04. The van der Waals surface area contributed by atoms with E-state index in [0.717, 1.165) is 16.6 Å². The summed E-state index contributed by atoms with van der Waals surface area (Å²) < 4.78 is 26.1. The second kappa shape index (κ2) is 14.7. The monoisotopic (exact) mass is 466 g/mol. The average Bonchev–Trinajstić information content (AvgIpc) is 2.74. The summed E-state index contributed by atoms with van der Waals surface area (Å²) in [4.78, 5) is 36.7. The first-order chi connectivity index (χ1) is 15.7. The number of hydrogen-bond donors (Lipinski definition) is 1. The van der Waals surface area contributed by atoms with Crippen molar-refractivity contribution in [3.05, 3.63) is 42.0 Å². The van der Waals surface area contributed by atoms with Crippen molar-refractivity contribution in [3.63, 3.8) is 0 Å². The number of esters is 1. The van der Waals surface area contributed by atoms with E-state index >= 15 is 0 Å². The highest BCUT2D eigenvalue weighted by Gasteiger charge is 2.27. The molecular formula is C23H34N2O8. The molecule has 33 heavy (non-hydrogen) atoms. The molecule has 0 bridgehead atoms. The van der Waals surface area contributed by atoms with E-state index in [-0.39, 0.29) is 19.8 Å². The normalized spacial score (nSPS) is 11.9. The van der Waals surface area contributed by atoms with E-state index in [1.165, 1.54) is 6.08 Å². The van der Waals surface area contributed by atoms with Crippen LogP contribution in [0.2, 0.25) is 0 Å². The zero-order valence-electron chi connectivity index (χ0n) is 20.0. The number of hydrazine groups is 1. The lowest BCUT2D eigenvalue weighted by Gasteiger charge is -2.29. The number of carbonyl (C=O) groups excluding carboxylic acids is 3. The molecule has 0 radical (unpaired) electrons. The molecule has 0 aliphatic heterocycles. The Kier molecular flexibility index (Phi) is 12.4. The number of carbonyl (C=O) groups is 3. The fourth-order valence-electron chi connectivity index (χ4n) is 2.48. The minimum atomic E-state index is -0.890. The number of amides is 2. The fraction of sp³-hybridized carbons (Fsp3) is 0.522. The van der Waals surface area contributed by atoms with Crippen LogP contribution in [0.4, 0.5) is 9.59 Å². The van der Waals surface area contributed by atoms with Crippen LogP contribution in [0.1, 0.15) is 40.2 Å². The summed E-state index contributed by atoms with van der Waals surface area (Å²) >= 11 is 0. The maximum atomic E-state index is 12.7. The van der Waals surface area contributed by atoms with Crippen molar-refractivity contribution in [2.45, 2.75) is 59.5 Å². The van der Waals surface area contributed by atoms with Gasteiger partial charge in [-0.05, 0) is 52.3 Å². The lowest BCUT2D eigenvalue weighted by Crippen LogP contribution is -2.54. The molecule has 10 nitrogen and oxygen atoms in total. The molecule has 2 amide bonds. The molecule has 1 aromatic carbocycles. The van der Waals surface area contributed by atoms with E-state index in [0.29, 0.717) is 5.75 Å². The largest absolute Gasteiger partial charge is 0.497 e. The van der Waals surface area contributed by atoms with Crippen molar-refractivity contribution in [3.8, 4) is 5.75 Å². The summed E-state index contributed by atoms with van der Waals surface area (Å²) in [6.45, 7) is 8.72. The third-order valence-electron chi connectivity index (χ3n) is 3.88. The van der Waals surface area contributed by atoms with Gasteiger partial charge < -0.3 is 23.7 Å². The molecule has 0 aliphatic rings. The van der Waals surface area contributed by atoms with Crippen molar-refractivity contribution >= 4 is 18.2 Å². The Labute approximate surface area is 194 Å². The third-order valence-corrected chi connectivity index (χ3v) is 3.88. The highest BCUT2D eigenvalue weighted by Crippen LogP contribution is 2.13. The molecule has 0 saturated heterocycles. The van der Waals surface area contributed by atoms with E-state index in [4.69, 9.17) is 23.7 Å². The van der Waals surface area contributed by atoms with Gasteiger partial charge in [-0.25, -0.2) is 24.8 Å². The van der Waals surface area contributed by atoms with Crippen LogP contribution in [0.15, 0.2) is 36.4 Å². The lowest BCUT2D eigenvalue weighted by atomic mass is 10.2. The molecule has 1 rings (SSSR count). The summed E-state index contributed by atoms with van der Waals surface area (Å²) in [5.74, 6) is 0.115. The van der Waals surface area contributed by atoms with Gasteiger partial charge in [0, 0.05) is 6.08 Å². The Bertz CT molecular complexity index is 777. The Morgan fingerprint density at radius 2 is 1.67 bits per heavy atom. The van der Waals surface area contributed by atoms with E-state index < -0.39 is 36.4 Å². The molecule has 0 aromatic heterocycles. The minimum absolute atomic E-state index is 0.0584. The van der Waals surface area contributed by atoms with E-state index in [1.54, 1.807) is 53.9 Å². The van der Waals surface area contributed by atoms with Crippen LogP contribution in [0.5, 0.6) is 5.75 Å². The lowest BCUT2D eigenvalue weighted by molar-refractivity contribution is -0.137. The minimum Gasteiger partial charge on any atom is -0.497 e. The van der Waals surface area contributed by atoms with Crippen molar-refractivity contribution in [1.82, 2.24) is 10.4 Å². The fourth-order valence-corrected chi connectivity index (χ4v) is 2.48.